The maximum absolute atomic E-state index is 12.5. The number of aromatic amines is 1. The van der Waals surface area contributed by atoms with E-state index in [9.17, 15) is 4.79 Å². The number of carbonyl (C=O) groups is 1. The summed E-state index contributed by atoms with van der Waals surface area (Å²) in [4.78, 5) is 15.5. The summed E-state index contributed by atoms with van der Waals surface area (Å²) in [5, 5.41) is 9.02. The molecule has 0 saturated carbocycles. The Balaban J connectivity index is 2.08. The number of hydrogen-bond donors (Lipinski definition) is 2. The molecule has 0 aliphatic heterocycles. The van der Waals surface area contributed by atoms with Crippen molar-refractivity contribution in [2.24, 2.45) is 0 Å². The van der Waals surface area contributed by atoms with E-state index in [4.69, 9.17) is 5.73 Å². The number of hydrogen-bond acceptors (Lipinski definition) is 4. The van der Waals surface area contributed by atoms with Crippen molar-refractivity contribution < 1.29 is 4.79 Å². The molecular formula is C15H22N4OS. The summed E-state index contributed by atoms with van der Waals surface area (Å²) in [6.45, 7) is 4.10. The first kappa shape index (κ1) is 15.6. The number of nitrogens with two attached hydrogens (primary N) is 1. The van der Waals surface area contributed by atoms with Gasteiger partial charge >= 0.3 is 0 Å². The van der Waals surface area contributed by atoms with Gasteiger partial charge in [0.2, 0.25) is 0 Å². The van der Waals surface area contributed by atoms with Crippen LogP contribution in [0.15, 0.2) is 17.5 Å². The number of likely N-dealkylation sites (N-methyl/N-ethyl adjacent to an activating group) is 1. The van der Waals surface area contributed by atoms with Crippen LogP contribution in [0.3, 0.4) is 0 Å². The number of aryl methyl sites for hydroxylation is 1. The lowest BCUT2D eigenvalue weighted by Gasteiger charge is -2.24. The van der Waals surface area contributed by atoms with Crippen LogP contribution in [0, 0.1) is 0 Å². The smallest absolute Gasteiger partial charge is 0.276 e. The molecule has 3 N–H and O–H groups in total. The lowest BCUT2D eigenvalue weighted by atomic mass is 10.1. The van der Waals surface area contributed by atoms with Gasteiger partial charge in [0.1, 0.15) is 0 Å². The highest BCUT2D eigenvalue weighted by molar-refractivity contribution is 7.09. The lowest BCUT2D eigenvalue weighted by molar-refractivity contribution is 0.0739. The Morgan fingerprint density at radius 1 is 1.57 bits per heavy atom. The van der Waals surface area contributed by atoms with Crippen LogP contribution < -0.4 is 5.73 Å². The third-order valence-electron chi connectivity index (χ3n) is 3.64. The van der Waals surface area contributed by atoms with E-state index in [1.807, 2.05) is 18.4 Å². The van der Waals surface area contributed by atoms with Crippen LogP contribution in [0.1, 0.15) is 41.3 Å². The van der Waals surface area contributed by atoms with Gasteiger partial charge in [-0.2, -0.15) is 5.10 Å². The van der Waals surface area contributed by atoms with Crippen LogP contribution >= 0.6 is 11.3 Å². The van der Waals surface area contributed by atoms with E-state index in [2.05, 4.69) is 23.2 Å². The molecule has 0 saturated heterocycles. The van der Waals surface area contributed by atoms with Crippen LogP contribution in [0.5, 0.6) is 0 Å². The molecule has 2 aromatic heterocycles. The molecule has 2 heterocycles. The Labute approximate surface area is 129 Å². The van der Waals surface area contributed by atoms with Gasteiger partial charge in [-0.1, -0.05) is 19.4 Å². The van der Waals surface area contributed by atoms with Gasteiger partial charge in [0.15, 0.2) is 5.69 Å². The monoisotopic (exact) mass is 306 g/mol. The number of thiophene rings is 1. The molecule has 0 aliphatic rings. The van der Waals surface area contributed by atoms with E-state index in [0.29, 0.717) is 11.4 Å². The summed E-state index contributed by atoms with van der Waals surface area (Å²) in [6.07, 6.45) is 2.61. The van der Waals surface area contributed by atoms with E-state index < -0.39 is 0 Å². The normalized spacial score (nSPS) is 12.3. The molecule has 6 heteroatoms. The minimum Gasteiger partial charge on any atom is -0.395 e. The molecule has 1 unspecified atom stereocenters. The van der Waals surface area contributed by atoms with Gasteiger partial charge in [-0.3, -0.25) is 9.89 Å². The molecule has 0 radical (unpaired) electrons. The highest BCUT2D eigenvalue weighted by Gasteiger charge is 2.23. The largest absolute Gasteiger partial charge is 0.395 e. The average Bonchev–Trinajstić information content (AvgIpc) is 3.09. The quantitative estimate of drug-likeness (QED) is 0.861. The van der Waals surface area contributed by atoms with Crippen LogP contribution in [0.2, 0.25) is 0 Å². The van der Waals surface area contributed by atoms with Crippen molar-refractivity contribution in [3.63, 3.8) is 0 Å². The van der Waals surface area contributed by atoms with Crippen molar-refractivity contribution in [2.45, 2.75) is 39.2 Å². The molecule has 2 rings (SSSR count). The van der Waals surface area contributed by atoms with Gasteiger partial charge in [0.25, 0.3) is 5.91 Å². The molecule has 0 aliphatic carbocycles. The fraction of sp³-hybridized carbons (Fsp3) is 0.467. The van der Waals surface area contributed by atoms with E-state index >= 15 is 0 Å². The number of aromatic nitrogens is 2. The Morgan fingerprint density at radius 3 is 2.95 bits per heavy atom. The molecule has 114 valence electrons. The zero-order chi connectivity index (χ0) is 15.4. The van der Waals surface area contributed by atoms with E-state index in [1.165, 1.54) is 4.88 Å². The standard InChI is InChI=1S/C15H22N4OS/c1-4-6-12-13(16)14(18-17-12)15(20)19(3)10(2)9-11-7-5-8-21-11/h5,7-8,10H,4,6,9,16H2,1-3H3,(H,17,18). The van der Waals surface area contributed by atoms with E-state index in [1.54, 1.807) is 23.3 Å². The third-order valence-corrected chi connectivity index (χ3v) is 4.54. The molecule has 1 amide bonds. The molecule has 0 spiro atoms. The zero-order valence-corrected chi connectivity index (χ0v) is 13.5. The summed E-state index contributed by atoms with van der Waals surface area (Å²) in [5.41, 5.74) is 7.69. The van der Waals surface area contributed by atoms with Crippen LogP contribution in [-0.2, 0) is 12.8 Å². The summed E-state index contributed by atoms with van der Waals surface area (Å²) in [5.74, 6) is -0.129. The van der Waals surface area contributed by atoms with Crippen molar-refractivity contribution in [3.05, 3.63) is 33.8 Å². The Hall–Kier alpha value is -1.82. The van der Waals surface area contributed by atoms with Gasteiger partial charge in [-0.05, 0) is 24.8 Å². The number of nitrogens with zero attached hydrogens (tertiary/aromatic N) is 2. The van der Waals surface area contributed by atoms with Crippen molar-refractivity contribution >= 4 is 22.9 Å². The first-order valence-electron chi connectivity index (χ1n) is 7.16. The minimum atomic E-state index is -0.129. The third kappa shape index (κ3) is 3.44. The van der Waals surface area contributed by atoms with Gasteiger partial charge < -0.3 is 10.6 Å². The molecule has 0 aromatic carbocycles. The number of carbonyl (C=O) groups excluding carboxylic acids is 1. The molecule has 21 heavy (non-hydrogen) atoms. The van der Waals surface area contributed by atoms with Gasteiger partial charge in [-0.15, -0.1) is 11.3 Å². The summed E-state index contributed by atoms with van der Waals surface area (Å²) < 4.78 is 0. The summed E-state index contributed by atoms with van der Waals surface area (Å²) >= 11 is 1.71. The highest BCUT2D eigenvalue weighted by atomic mass is 32.1. The van der Waals surface area contributed by atoms with E-state index in [0.717, 1.165) is 25.0 Å². The van der Waals surface area contributed by atoms with Crippen molar-refractivity contribution in [3.8, 4) is 0 Å². The van der Waals surface area contributed by atoms with Crippen molar-refractivity contribution in [1.29, 1.82) is 0 Å². The topological polar surface area (TPSA) is 75.0 Å². The molecule has 0 fully saturated rings. The fourth-order valence-electron chi connectivity index (χ4n) is 2.21. The summed E-state index contributed by atoms with van der Waals surface area (Å²) in [7, 11) is 1.80. The Kier molecular flexibility index (Phi) is 5.01. The molecular weight excluding hydrogens is 284 g/mol. The van der Waals surface area contributed by atoms with E-state index in [-0.39, 0.29) is 11.9 Å². The Morgan fingerprint density at radius 2 is 2.33 bits per heavy atom. The first-order chi connectivity index (χ1) is 10.0. The molecule has 0 bridgehead atoms. The average molecular weight is 306 g/mol. The number of anilines is 1. The number of H-pyrrole nitrogens is 1. The number of nitrogens with one attached hydrogen (secondary N) is 1. The minimum absolute atomic E-state index is 0.0990. The van der Waals surface area contributed by atoms with Gasteiger partial charge in [-0.25, -0.2) is 0 Å². The second kappa shape index (κ2) is 6.76. The second-order valence-electron chi connectivity index (χ2n) is 5.26. The predicted molar refractivity (Wildman–Crippen MR) is 86.6 cm³/mol. The SMILES string of the molecule is CCCc1[nH]nc(C(=O)N(C)C(C)Cc2cccs2)c1N. The van der Waals surface area contributed by atoms with Crippen LogP contribution in [-0.4, -0.2) is 34.1 Å². The molecule has 2 aromatic rings. The highest BCUT2D eigenvalue weighted by Crippen LogP contribution is 2.19. The fourth-order valence-corrected chi connectivity index (χ4v) is 3.04. The maximum Gasteiger partial charge on any atom is 0.276 e. The molecule has 5 nitrogen and oxygen atoms in total. The first-order valence-corrected chi connectivity index (χ1v) is 8.04. The number of amides is 1. The number of rotatable bonds is 6. The van der Waals surface area contributed by atoms with Crippen LogP contribution in [0.4, 0.5) is 5.69 Å². The summed E-state index contributed by atoms with van der Waals surface area (Å²) in [6, 6.07) is 4.21. The Bertz CT molecular complexity index is 591. The number of nitrogen functional groups attached to an aromatic ring is 1. The van der Waals surface area contributed by atoms with Crippen molar-refractivity contribution in [2.75, 3.05) is 12.8 Å². The van der Waals surface area contributed by atoms with Crippen LogP contribution in [0.25, 0.3) is 0 Å². The lowest BCUT2D eigenvalue weighted by Crippen LogP contribution is -2.36. The van der Waals surface area contributed by atoms with Crippen molar-refractivity contribution in [1.82, 2.24) is 15.1 Å². The maximum atomic E-state index is 12.5. The molecule has 1 atom stereocenters. The zero-order valence-electron chi connectivity index (χ0n) is 12.7. The predicted octanol–water partition coefficient (Wildman–Crippen LogP) is 2.71. The second-order valence-corrected chi connectivity index (χ2v) is 6.30. The van der Waals surface area contributed by atoms with Gasteiger partial charge in [0.05, 0.1) is 11.4 Å². The van der Waals surface area contributed by atoms with Gasteiger partial charge in [0, 0.05) is 24.4 Å².